The molecule has 0 saturated carbocycles. The van der Waals surface area contributed by atoms with E-state index in [1.807, 2.05) is 12.2 Å². The van der Waals surface area contributed by atoms with Crippen LogP contribution < -0.4 is 0 Å². The van der Waals surface area contributed by atoms with Gasteiger partial charge in [-0.1, -0.05) is 63.1 Å². The normalized spacial score (nSPS) is 20.7. The third kappa shape index (κ3) is 9.48. The van der Waals surface area contributed by atoms with Crippen LogP contribution in [0, 0.1) is 0 Å². The highest BCUT2D eigenvalue weighted by Crippen LogP contribution is 2.42. The molecule has 1 atom stereocenters. The van der Waals surface area contributed by atoms with Crippen LogP contribution in [0.2, 0.25) is 19.6 Å². The minimum absolute atomic E-state index is 0.0875. The molecule has 0 aromatic rings. The lowest BCUT2D eigenvalue weighted by molar-refractivity contribution is -0.140. The van der Waals surface area contributed by atoms with Crippen molar-refractivity contribution < 1.29 is 18.8 Å². The van der Waals surface area contributed by atoms with Crippen LogP contribution >= 0.6 is 11.6 Å². The minimum atomic E-state index is -1.90. The van der Waals surface area contributed by atoms with Crippen molar-refractivity contribution in [3.8, 4) is 0 Å². The molecule has 30 heavy (non-hydrogen) atoms. The largest absolute Gasteiger partial charge is 0.469 e. The molecule has 0 saturated heterocycles. The second-order valence-corrected chi connectivity index (χ2v) is 14.1. The molecule has 0 spiro atoms. The van der Waals surface area contributed by atoms with Crippen LogP contribution in [0.3, 0.4) is 0 Å². The van der Waals surface area contributed by atoms with Crippen molar-refractivity contribution in [3.05, 3.63) is 22.8 Å². The Bertz CT molecular complexity index is 621. The highest BCUT2D eigenvalue weighted by Gasteiger charge is 2.45. The average molecular weight is 457 g/mol. The molecule has 0 bridgehead atoms. The molecular weight excluding hydrogens is 416 g/mol. The fourth-order valence-corrected chi connectivity index (χ4v) is 5.57. The van der Waals surface area contributed by atoms with Crippen LogP contribution in [-0.4, -0.2) is 32.8 Å². The predicted octanol–water partition coefficient (Wildman–Crippen LogP) is 7.08. The number of esters is 1. The van der Waals surface area contributed by atoms with E-state index in [2.05, 4.69) is 31.3 Å². The molecular formula is C24H41ClO4Si. The molecule has 4 nitrogen and oxygen atoms in total. The number of carbonyl (C=O) groups excluding carboxylic acids is 2. The summed E-state index contributed by atoms with van der Waals surface area (Å²) in [7, 11) is -0.488. The van der Waals surface area contributed by atoms with E-state index in [-0.39, 0.29) is 16.8 Å². The van der Waals surface area contributed by atoms with Gasteiger partial charge in [0.2, 0.25) is 5.78 Å². The monoisotopic (exact) mass is 456 g/mol. The smallest absolute Gasteiger partial charge is 0.305 e. The van der Waals surface area contributed by atoms with Gasteiger partial charge < -0.3 is 9.16 Å². The fourth-order valence-electron chi connectivity index (χ4n) is 3.93. The average Bonchev–Trinajstić information content (AvgIpc) is 2.89. The maximum absolute atomic E-state index is 12.8. The Kier molecular flexibility index (Phi) is 12.2. The van der Waals surface area contributed by atoms with E-state index in [1.54, 1.807) is 0 Å². The first-order valence-corrected chi connectivity index (χ1v) is 15.3. The van der Waals surface area contributed by atoms with E-state index in [0.29, 0.717) is 6.42 Å². The summed E-state index contributed by atoms with van der Waals surface area (Å²) in [5.41, 5.74) is 0.0477. The Hall–Kier alpha value is -0.913. The van der Waals surface area contributed by atoms with Gasteiger partial charge in [0.1, 0.15) is 5.60 Å². The molecule has 0 radical (unpaired) electrons. The molecule has 0 aromatic carbocycles. The molecule has 0 fully saturated rings. The maximum atomic E-state index is 12.8. The van der Waals surface area contributed by atoms with Gasteiger partial charge in [0, 0.05) is 12.0 Å². The van der Waals surface area contributed by atoms with Gasteiger partial charge in [-0.05, 0) is 57.8 Å². The first kappa shape index (κ1) is 27.1. The summed E-state index contributed by atoms with van der Waals surface area (Å²) in [6, 6.07) is 0. The lowest BCUT2D eigenvalue weighted by atomic mass is 9.89. The van der Waals surface area contributed by atoms with Crippen molar-refractivity contribution >= 4 is 31.7 Å². The quantitative estimate of drug-likeness (QED) is 0.114. The molecule has 0 N–H and O–H groups in total. The maximum Gasteiger partial charge on any atom is 0.305 e. The van der Waals surface area contributed by atoms with E-state index in [9.17, 15) is 9.59 Å². The number of allylic oxidation sites excluding steroid dienone is 2. The van der Waals surface area contributed by atoms with Crippen LogP contribution in [0.1, 0.15) is 84.0 Å². The summed E-state index contributed by atoms with van der Waals surface area (Å²) >= 11 is 6.32. The highest BCUT2D eigenvalue weighted by atomic mass is 35.5. The Morgan fingerprint density at radius 2 is 1.70 bits per heavy atom. The minimum Gasteiger partial charge on any atom is -0.469 e. The first-order valence-electron chi connectivity index (χ1n) is 11.6. The van der Waals surface area contributed by atoms with Gasteiger partial charge in [-0.2, -0.15) is 0 Å². The Balaban J connectivity index is 2.79. The van der Waals surface area contributed by atoms with Gasteiger partial charge in [-0.15, -0.1) is 0 Å². The SMILES string of the molecule is CCCCCCCCC1(O[Si](C)(C)C)C=C(Cl)C(=O)C1=CCCCCCC(=O)OC. The number of hydrogen-bond acceptors (Lipinski definition) is 4. The van der Waals surface area contributed by atoms with Crippen molar-refractivity contribution in [3.63, 3.8) is 0 Å². The molecule has 1 rings (SSSR count). The van der Waals surface area contributed by atoms with Crippen LogP contribution in [-0.2, 0) is 18.8 Å². The molecule has 1 aliphatic carbocycles. The number of ketones is 1. The van der Waals surface area contributed by atoms with Crippen molar-refractivity contribution in [2.45, 2.75) is 109 Å². The molecule has 1 unspecified atom stereocenters. The number of halogens is 1. The number of ether oxygens (including phenoxy) is 1. The molecule has 1 aliphatic rings. The van der Waals surface area contributed by atoms with Crippen molar-refractivity contribution in [2.24, 2.45) is 0 Å². The third-order valence-electron chi connectivity index (χ3n) is 5.33. The second kappa shape index (κ2) is 13.5. The molecule has 172 valence electrons. The van der Waals surface area contributed by atoms with Crippen LogP contribution in [0.15, 0.2) is 22.8 Å². The summed E-state index contributed by atoms with van der Waals surface area (Å²) in [6.45, 7) is 8.70. The lowest BCUT2D eigenvalue weighted by Crippen LogP contribution is -2.42. The lowest BCUT2D eigenvalue weighted by Gasteiger charge is -2.36. The van der Waals surface area contributed by atoms with Gasteiger partial charge >= 0.3 is 5.97 Å². The summed E-state index contributed by atoms with van der Waals surface area (Å²) in [4.78, 5) is 24.1. The van der Waals surface area contributed by atoms with Crippen molar-refractivity contribution in [1.29, 1.82) is 0 Å². The van der Waals surface area contributed by atoms with E-state index in [1.165, 1.54) is 32.8 Å². The molecule has 0 aliphatic heterocycles. The molecule has 0 heterocycles. The number of unbranched alkanes of at least 4 members (excludes halogenated alkanes) is 8. The summed E-state index contributed by atoms with van der Waals surface area (Å²) in [5, 5.41) is 0.288. The standard InChI is InChI=1S/C24H41ClO4Si/c1-6-7-8-9-12-15-18-24(29-30(3,4)5)19-21(25)23(27)20(24)16-13-10-11-14-17-22(26)28-2/h16,19H,6-15,17-18H2,1-5H3. The van der Waals surface area contributed by atoms with Crippen LogP contribution in [0.5, 0.6) is 0 Å². The molecule has 6 heteroatoms. The Morgan fingerprint density at radius 3 is 2.33 bits per heavy atom. The number of carbonyl (C=O) groups is 2. The fraction of sp³-hybridized carbons (Fsp3) is 0.750. The van der Waals surface area contributed by atoms with Crippen molar-refractivity contribution in [2.75, 3.05) is 7.11 Å². The van der Waals surface area contributed by atoms with Crippen molar-refractivity contribution in [1.82, 2.24) is 0 Å². The number of rotatable bonds is 15. The van der Waals surface area contributed by atoms with Gasteiger partial charge in [-0.3, -0.25) is 9.59 Å². The van der Waals surface area contributed by atoms with E-state index < -0.39 is 13.9 Å². The Morgan fingerprint density at radius 1 is 1.07 bits per heavy atom. The zero-order valence-electron chi connectivity index (χ0n) is 19.7. The summed E-state index contributed by atoms with van der Waals surface area (Å²) in [5.74, 6) is -0.257. The van der Waals surface area contributed by atoms with Gasteiger partial charge in [0.05, 0.1) is 12.1 Å². The predicted molar refractivity (Wildman–Crippen MR) is 127 cm³/mol. The second-order valence-electron chi connectivity index (χ2n) is 9.24. The van der Waals surface area contributed by atoms with Crippen LogP contribution in [0.4, 0.5) is 0 Å². The van der Waals surface area contributed by atoms with E-state index >= 15 is 0 Å². The summed E-state index contributed by atoms with van der Waals surface area (Å²) in [6.07, 6.45) is 15.8. The topological polar surface area (TPSA) is 52.6 Å². The molecule has 0 amide bonds. The zero-order chi connectivity index (χ0) is 22.6. The number of hydrogen-bond donors (Lipinski definition) is 0. The number of Topliss-reactive ketones (excluding diaryl/α,β-unsaturated/α-hetero) is 1. The Labute approximate surface area is 189 Å². The first-order chi connectivity index (χ1) is 14.1. The van der Waals surface area contributed by atoms with Gasteiger partial charge in [-0.25, -0.2) is 0 Å². The summed E-state index contributed by atoms with van der Waals surface area (Å²) < 4.78 is 11.3. The number of methoxy groups -OCH3 is 1. The van der Waals surface area contributed by atoms with E-state index in [4.69, 9.17) is 16.0 Å². The third-order valence-corrected chi connectivity index (χ3v) is 6.59. The molecule has 0 aromatic heterocycles. The van der Waals surface area contributed by atoms with Gasteiger partial charge in [0.25, 0.3) is 0 Å². The highest BCUT2D eigenvalue weighted by molar-refractivity contribution is 6.70. The van der Waals surface area contributed by atoms with Gasteiger partial charge in [0.15, 0.2) is 8.32 Å². The van der Waals surface area contributed by atoms with Crippen LogP contribution in [0.25, 0.3) is 0 Å². The van der Waals surface area contributed by atoms with E-state index in [0.717, 1.165) is 50.5 Å². The zero-order valence-corrected chi connectivity index (χ0v) is 21.4.